The molecule has 0 heterocycles. The molecule has 0 amide bonds. The molecule has 0 aliphatic heterocycles. The van der Waals surface area contributed by atoms with E-state index in [0.717, 1.165) is 6.42 Å². The van der Waals surface area contributed by atoms with Gasteiger partial charge in [-0.2, -0.15) is 0 Å². The molecule has 0 spiro atoms. The SMILES string of the molecule is CC(CC(C)(C)C(C)C)O[C]=O. The van der Waals surface area contributed by atoms with Gasteiger partial charge in [-0.15, -0.1) is 0 Å². The van der Waals surface area contributed by atoms with Crippen LogP contribution in [-0.4, -0.2) is 12.6 Å². The van der Waals surface area contributed by atoms with Crippen LogP contribution in [0.5, 0.6) is 0 Å². The van der Waals surface area contributed by atoms with Crippen LogP contribution in [0.4, 0.5) is 0 Å². The Bertz CT molecular complexity index is 139. The maximum absolute atomic E-state index is 9.92. The Labute approximate surface area is 75.3 Å². The van der Waals surface area contributed by atoms with Crippen LogP contribution in [0.2, 0.25) is 0 Å². The summed E-state index contributed by atoms with van der Waals surface area (Å²) < 4.78 is 4.72. The zero-order chi connectivity index (χ0) is 9.78. The summed E-state index contributed by atoms with van der Waals surface area (Å²) >= 11 is 0. The lowest BCUT2D eigenvalue weighted by atomic mass is 9.77. The highest BCUT2D eigenvalue weighted by molar-refractivity contribution is 5.38. The maximum Gasteiger partial charge on any atom is 0.417 e. The van der Waals surface area contributed by atoms with Crippen LogP contribution >= 0.6 is 0 Å². The van der Waals surface area contributed by atoms with E-state index in [1.165, 1.54) is 6.47 Å². The Morgan fingerprint density at radius 3 is 2.17 bits per heavy atom. The quantitative estimate of drug-likeness (QED) is 0.635. The second kappa shape index (κ2) is 4.48. The van der Waals surface area contributed by atoms with Gasteiger partial charge in [0.25, 0.3) is 0 Å². The van der Waals surface area contributed by atoms with Crippen molar-refractivity contribution in [3.63, 3.8) is 0 Å². The highest BCUT2D eigenvalue weighted by Crippen LogP contribution is 2.31. The second-order valence-electron chi connectivity index (χ2n) is 4.36. The van der Waals surface area contributed by atoms with E-state index in [4.69, 9.17) is 4.74 Å². The van der Waals surface area contributed by atoms with Crippen LogP contribution in [-0.2, 0) is 9.53 Å². The van der Waals surface area contributed by atoms with Crippen LogP contribution in [0.15, 0.2) is 0 Å². The molecule has 0 aliphatic rings. The Morgan fingerprint density at radius 1 is 1.33 bits per heavy atom. The maximum atomic E-state index is 9.92. The van der Waals surface area contributed by atoms with Crippen molar-refractivity contribution in [3.05, 3.63) is 0 Å². The minimum atomic E-state index is -0.0279. The van der Waals surface area contributed by atoms with Gasteiger partial charge in [-0.1, -0.05) is 27.7 Å². The third-order valence-corrected chi connectivity index (χ3v) is 2.63. The summed E-state index contributed by atoms with van der Waals surface area (Å²) in [4.78, 5) is 9.92. The number of carbonyl (C=O) groups excluding carboxylic acids is 1. The summed E-state index contributed by atoms with van der Waals surface area (Å²) in [6, 6.07) is 0. The molecule has 12 heavy (non-hydrogen) atoms. The number of rotatable bonds is 5. The van der Waals surface area contributed by atoms with E-state index in [9.17, 15) is 4.79 Å². The third kappa shape index (κ3) is 3.74. The van der Waals surface area contributed by atoms with E-state index < -0.39 is 0 Å². The predicted molar refractivity (Wildman–Crippen MR) is 49.5 cm³/mol. The smallest absolute Gasteiger partial charge is 0.417 e. The molecule has 0 fully saturated rings. The molecule has 0 bridgehead atoms. The van der Waals surface area contributed by atoms with Gasteiger partial charge in [0, 0.05) is 0 Å². The second-order valence-corrected chi connectivity index (χ2v) is 4.36. The van der Waals surface area contributed by atoms with E-state index in [1.54, 1.807) is 0 Å². The largest absolute Gasteiger partial charge is 0.454 e. The molecule has 0 aromatic rings. The number of hydrogen-bond acceptors (Lipinski definition) is 2. The van der Waals surface area contributed by atoms with Gasteiger partial charge < -0.3 is 4.74 Å². The van der Waals surface area contributed by atoms with Gasteiger partial charge in [0.15, 0.2) is 0 Å². The highest BCUT2D eigenvalue weighted by Gasteiger charge is 2.25. The van der Waals surface area contributed by atoms with Gasteiger partial charge in [-0.05, 0) is 24.7 Å². The van der Waals surface area contributed by atoms with Gasteiger partial charge in [-0.25, -0.2) is 4.79 Å². The Kier molecular flexibility index (Phi) is 4.29. The van der Waals surface area contributed by atoms with Gasteiger partial charge in [0.2, 0.25) is 0 Å². The summed E-state index contributed by atoms with van der Waals surface area (Å²) in [5.41, 5.74) is 0.219. The lowest BCUT2D eigenvalue weighted by Crippen LogP contribution is -2.25. The van der Waals surface area contributed by atoms with Crippen molar-refractivity contribution in [2.24, 2.45) is 11.3 Å². The monoisotopic (exact) mass is 171 g/mol. The number of ether oxygens (including phenoxy) is 1. The van der Waals surface area contributed by atoms with Crippen molar-refractivity contribution in [2.45, 2.75) is 47.1 Å². The van der Waals surface area contributed by atoms with Crippen molar-refractivity contribution in [1.82, 2.24) is 0 Å². The van der Waals surface area contributed by atoms with E-state index in [-0.39, 0.29) is 11.5 Å². The van der Waals surface area contributed by atoms with E-state index in [0.29, 0.717) is 5.92 Å². The van der Waals surface area contributed by atoms with Crippen LogP contribution in [0.1, 0.15) is 41.0 Å². The molecular weight excluding hydrogens is 152 g/mol. The molecular formula is C10H19O2. The first-order chi connectivity index (χ1) is 5.40. The zero-order valence-electron chi connectivity index (χ0n) is 8.68. The van der Waals surface area contributed by atoms with Crippen LogP contribution in [0.3, 0.4) is 0 Å². The Morgan fingerprint density at radius 2 is 1.83 bits per heavy atom. The minimum Gasteiger partial charge on any atom is -0.454 e. The summed E-state index contributed by atoms with van der Waals surface area (Å²) in [5.74, 6) is 0.593. The van der Waals surface area contributed by atoms with E-state index >= 15 is 0 Å². The molecule has 71 valence electrons. The van der Waals surface area contributed by atoms with Crippen molar-refractivity contribution >= 4 is 6.47 Å². The lowest BCUT2D eigenvalue weighted by Gasteiger charge is -2.31. The van der Waals surface area contributed by atoms with Crippen molar-refractivity contribution < 1.29 is 9.53 Å². The molecule has 0 saturated heterocycles. The summed E-state index contributed by atoms with van der Waals surface area (Å²) in [6.07, 6.45) is 0.861. The minimum absolute atomic E-state index is 0.0279. The fourth-order valence-corrected chi connectivity index (χ4v) is 1.10. The molecule has 1 radical (unpaired) electrons. The van der Waals surface area contributed by atoms with Crippen molar-refractivity contribution in [1.29, 1.82) is 0 Å². The molecule has 0 aliphatic carbocycles. The van der Waals surface area contributed by atoms with Crippen molar-refractivity contribution in [2.75, 3.05) is 0 Å². The average molecular weight is 171 g/mol. The first kappa shape index (κ1) is 11.5. The molecule has 0 aromatic carbocycles. The lowest BCUT2D eigenvalue weighted by molar-refractivity contribution is 0.106. The van der Waals surface area contributed by atoms with Gasteiger partial charge in [-0.3, -0.25) is 0 Å². The molecule has 0 rings (SSSR count). The summed E-state index contributed by atoms with van der Waals surface area (Å²) in [6.45, 7) is 12.1. The zero-order valence-corrected chi connectivity index (χ0v) is 8.68. The van der Waals surface area contributed by atoms with Gasteiger partial charge in [0.1, 0.15) is 6.10 Å². The third-order valence-electron chi connectivity index (χ3n) is 2.63. The topological polar surface area (TPSA) is 26.3 Å². The summed E-state index contributed by atoms with van der Waals surface area (Å²) in [5, 5.41) is 0. The molecule has 0 saturated carbocycles. The van der Waals surface area contributed by atoms with Crippen molar-refractivity contribution in [3.8, 4) is 0 Å². The fraction of sp³-hybridized carbons (Fsp3) is 0.900. The predicted octanol–water partition coefficient (Wildman–Crippen LogP) is 2.53. The molecule has 1 atom stereocenters. The van der Waals surface area contributed by atoms with Crippen LogP contribution in [0, 0.1) is 11.3 Å². The molecule has 0 N–H and O–H groups in total. The van der Waals surface area contributed by atoms with E-state index in [2.05, 4.69) is 27.7 Å². The first-order valence-electron chi connectivity index (χ1n) is 4.43. The Hall–Kier alpha value is -0.530. The standard InChI is InChI=1S/C10H19O2/c1-8(2)10(4,5)6-9(3)12-7-11/h8-9H,6H2,1-5H3. The van der Waals surface area contributed by atoms with Crippen LogP contribution < -0.4 is 0 Å². The average Bonchev–Trinajstić information content (AvgIpc) is 1.85. The Balaban J connectivity index is 3.95. The van der Waals surface area contributed by atoms with E-state index in [1.807, 2.05) is 6.92 Å². The molecule has 2 heteroatoms. The normalized spacial score (nSPS) is 14.5. The van der Waals surface area contributed by atoms with Gasteiger partial charge in [0.05, 0.1) is 0 Å². The molecule has 1 unspecified atom stereocenters. The number of hydrogen-bond donors (Lipinski definition) is 0. The van der Waals surface area contributed by atoms with Gasteiger partial charge >= 0.3 is 6.47 Å². The summed E-state index contributed by atoms with van der Waals surface area (Å²) in [7, 11) is 0. The van der Waals surface area contributed by atoms with Crippen LogP contribution in [0.25, 0.3) is 0 Å². The molecule has 2 nitrogen and oxygen atoms in total. The highest BCUT2D eigenvalue weighted by atomic mass is 16.5. The fourth-order valence-electron chi connectivity index (χ4n) is 1.10. The molecule has 0 aromatic heterocycles. The first-order valence-corrected chi connectivity index (χ1v) is 4.43.